The van der Waals surface area contributed by atoms with Crippen LogP contribution in [0.15, 0.2) is 47.6 Å². The number of amides is 1. The molecule has 0 aliphatic heterocycles. The van der Waals surface area contributed by atoms with Crippen LogP contribution < -0.4 is 19.5 Å². The second-order valence-electron chi connectivity index (χ2n) is 9.83. The minimum absolute atomic E-state index is 0.120. The maximum Gasteiger partial charge on any atom is 0.381 e. The zero-order chi connectivity index (χ0) is 29.5. The molecule has 11 heteroatoms. The molecule has 0 saturated carbocycles. The van der Waals surface area contributed by atoms with Crippen molar-refractivity contribution in [2.75, 3.05) is 32.4 Å². The number of unbranched alkanes of at least 4 members (excludes halogenated alkanes) is 9. The topological polar surface area (TPSA) is 123 Å². The molecule has 1 N–H and O–H groups in total. The fourth-order valence-electron chi connectivity index (χ4n) is 4.57. The molecule has 0 aliphatic rings. The first-order valence-corrected chi connectivity index (χ1v) is 15.7. The first kappa shape index (κ1) is 32.2. The highest BCUT2D eigenvalue weighted by Crippen LogP contribution is 2.39. The van der Waals surface area contributed by atoms with Gasteiger partial charge in [0, 0.05) is 23.3 Å². The lowest BCUT2D eigenvalue weighted by Gasteiger charge is -2.19. The Hall–Kier alpha value is -3.31. The van der Waals surface area contributed by atoms with Crippen molar-refractivity contribution in [3.05, 3.63) is 48.0 Å². The van der Waals surface area contributed by atoms with Crippen LogP contribution in [0.4, 0.5) is 5.69 Å². The second-order valence-corrected chi connectivity index (χ2v) is 11.3. The van der Waals surface area contributed by atoms with E-state index in [1.807, 2.05) is 18.2 Å². The Kier molecular flexibility index (Phi) is 13.7. The summed E-state index contributed by atoms with van der Waals surface area (Å²) in [6, 6.07) is 11.4. The smallest absolute Gasteiger partial charge is 0.381 e. The molecule has 2 aromatic carbocycles. The van der Waals surface area contributed by atoms with Crippen molar-refractivity contribution in [2.45, 2.75) is 82.3 Å². The average molecular weight is 586 g/mol. The zero-order valence-electron chi connectivity index (χ0n) is 24.6. The number of nitrogens with zero attached hydrogens (tertiary/aromatic N) is 4. The molecule has 0 fully saturated rings. The van der Waals surface area contributed by atoms with E-state index >= 15 is 0 Å². The number of aromatic nitrogens is 4. The molecule has 224 valence electrons. The third-order valence-electron chi connectivity index (χ3n) is 6.85. The molecule has 0 bridgehead atoms. The van der Waals surface area contributed by atoms with Crippen LogP contribution in [-0.2, 0) is 16.0 Å². The van der Waals surface area contributed by atoms with Crippen molar-refractivity contribution in [2.24, 2.45) is 0 Å². The van der Waals surface area contributed by atoms with Crippen LogP contribution in [0, 0.1) is 0 Å². The Balaban J connectivity index is 1.65. The Morgan fingerprint density at radius 2 is 1.49 bits per heavy atom. The molecule has 2 unspecified atom stereocenters. The molecule has 0 aliphatic carbocycles. The lowest BCUT2D eigenvalue weighted by atomic mass is 10.1. The third kappa shape index (κ3) is 9.64. The molecule has 0 radical (unpaired) electrons. The SMILES string of the molecule is CCCCCCCCCCCC[S+]([O-])c1nnn(C(C(=O)Nc2c(OC)cc(OC)cc2OC)c2ccccc2)n1. The molecule has 10 nitrogen and oxygen atoms in total. The van der Waals surface area contributed by atoms with Gasteiger partial charge >= 0.3 is 5.16 Å². The van der Waals surface area contributed by atoms with Crippen molar-refractivity contribution in [3.63, 3.8) is 0 Å². The Morgan fingerprint density at radius 1 is 0.902 bits per heavy atom. The fraction of sp³-hybridized carbons (Fsp3) is 0.533. The number of nitrogens with one attached hydrogen (secondary N) is 1. The van der Waals surface area contributed by atoms with E-state index in [0.717, 1.165) is 19.3 Å². The van der Waals surface area contributed by atoms with Crippen LogP contribution in [0.5, 0.6) is 17.2 Å². The molecule has 1 amide bonds. The first-order chi connectivity index (χ1) is 20.0. The number of ether oxygens (including phenoxy) is 3. The van der Waals surface area contributed by atoms with Gasteiger partial charge in [-0.2, -0.15) is 0 Å². The van der Waals surface area contributed by atoms with Crippen LogP contribution in [0.2, 0.25) is 0 Å². The maximum absolute atomic E-state index is 13.7. The molecular weight excluding hydrogens is 542 g/mol. The summed E-state index contributed by atoms with van der Waals surface area (Å²) in [6.07, 6.45) is 12.0. The number of methoxy groups -OCH3 is 3. The van der Waals surface area contributed by atoms with Crippen LogP contribution in [0.3, 0.4) is 0 Å². The van der Waals surface area contributed by atoms with E-state index in [2.05, 4.69) is 27.7 Å². The van der Waals surface area contributed by atoms with E-state index in [9.17, 15) is 9.35 Å². The van der Waals surface area contributed by atoms with Crippen molar-refractivity contribution in [3.8, 4) is 17.2 Å². The van der Waals surface area contributed by atoms with Crippen LogP contribution in [-0.4, -0.2) is 57.7 Å². The minimum Gasteiger partial charge on any atom is -0.609 e. The average Bonchev–Trinajstić information content (AvgIpc) is 3.48. The third-order valence-corrected chi connectivity index (χ3v) is 8.08. The normalized spacial score (nSPS) is 12.5. The van der Waals surface area contributed by atoms with Gasteiger partial charge in [-0.25, -0.2) is 0 Å². The highest BCUT2D eigenvalue weighted by atomic mass is 32.2. The molecular formula is C30H43N5O5S. The van der Waals surface area contributed by atoms with Gasteiger partial charge in [-0.1, -0.05) is 98.8 Å². The molecule has 1 heterocycles. The molecule has 2 atom stereocenters. The number of benzene rings is 2. The summed E-state index contributed by atoms with van der Waals surface area (Å²) in [5.74, 6) is 1.27. The summed E-state index contributed by atoms with van der Waals surface area (Å²) < 4.78 is 29.2. The van der Waals surface area contributed by atoms with Crippen LogP contribution in [0.1, 0.15) is 82.7 Å². The van der Waals surface area contributed by atoms with Gasteiger partial charge in [-0.15, -0.1) is 4.80 Å². The van der Waals surface area contributed by atoms with Gasteiger partial charge in [-0.05, 0) is 23.6 Å². The van der Waals surface area contributed by atoms with E-state index in [1.54, 1.807) is 24.3 Å². The Bertz CT molecular complexity index is 1170. The molecule has 41 heavy (non-hydrogen) atoms. The maximum atomic E-state index is 13.7. The predicted molar refractivity (Wildman–Crippen MR) is 160 cm³/mol. The number of rotatable bonds is 19. The van der Waals surface area contributed by atoms with E-state index in [4.69, 9.17) is 14.2 Å². The largest absolute Gasteiger partial charge is 0.609 e. The van der Waals surface area contributed by atoms with Gasteiger partial charge in [0.15, 0.2) is 6.04 Å². The van der Waals surface area contributed by atoms with Crippen LogP contribution in [0.25, 0.3) is 0 Å². The summed E-state index contributed by atoms with van der Waals surface area (Å²) in [6.45, 7) is 2.23. The number of carbonyl (C=O) groups is 1. The van der Waals surface area contributed by atoms with Gasteiger partial charge in [0.2, 0.25) is 0 Å². The summed E-state index contributed by atoms with van der Waals surface area (Å²) >= 11 is -1.40. The summed E-state index contributed by atoms with van der Waals surface area (Å²) in [7, 11) is 4.52. The van der Waals surface area contributed by atoms with Crippen molar-refractivity contribution in [1.29, 1.82) is 0 Å². The number of anilines is 1. The highest BCUT2D eigenvalue weighted by molar-refractivity contribution is 7.91. The summed E-state index contributed by atoms with van der Waals surface area (Å²) in [4.78, 5) is 14.9. The predicted octanol–water partition coefficient (Wildman–Crippen LogP) is 5.96. The van der Waals surface area contributed by atoms with Gasteiger partial charge in [0.1, 0.15) is 28.7 Å². The number of hydrogen-bond acceptors (Lipinski definition) is 8. The quantitative estimate of drug-likeness (QED) is 0.135. The van der Waals surface area contributed by atoms with Crippen LogP contribution >= 0.6 is 0 Å². The second kappa shape index (κ2) is 17.5. The van der Waals surface area contributed by atoms with E-state index in [-0.39, 0.29) is 5.16 Å². The summed E-state index contributed by atoms with van der Waals surface area (Å²) in [5, 5.41) is 15.6. The summed E-state index contributed by atoms with van der Waals surface area (Å²) in [5.41, 5.74) is 0.979. The van der Waals surface area contributed by atoms with Crippen molar-refractivity contribution >= 4 is 22.8 Å². The van der Waals surface area contributed by atoms with Gasteiger partial charge in [0.25, 0.3) is 5.91 Å². The van der Waals surface area contributed by atoms with E-state index in [0.29, 0.717) is 34.3 Å². The standard InChI is InChI=1S/C30H43N5O5S/c1-5-6-7-8-9-10-11-12-13-17-20-41(37)30-32-34-35(33-30)28(23-18-15-14-16-19-23)29(36)31-27-25(39-3)21-24(38-2)22-26(27)40-4/h14-16,18-19,21-22,28H,5-13,17,20H2,1-4H3,(H,31,36). The van der Waals surface area contributed by atoms with Gasteiger partial charge in [-0.3, -0.25) is 4.79 Å². The highest BCUT2D eigenvalue weighted by Gasteiger charge is 2.30. The Morgan fingerprint density at radius 3 is 2.05 bits per heavy atom. The minimum atomic E-state index is -1.40. The van der Waals surface area contributed by atoms with Crippen molar-refractivity contribution in [1.82, 2.24) is 20.2 Å². The van der Waals surface area contributed by atoms with E-state index in [1.165, 1.54) is 71.1 Å². The number of hydrogen-bond donors (Lipinski definition) is 1. The molecule has 3 aromatic rings. The fourth-order valence-corrected chi connectivity index (χ4v) is 5.52. The molecule has 3 rings (SSSR count). The molecule has 0 saturated heterocycles. The zero-order valence-corrected chi connectivity index (χ0v) is 25.5. The lowest BCUT2D eigenvalue weighted by Crippen LogP contribution is -2.29. The number of tetrazole rings is 1. The van der Waals surface area contributed by atoms with E-state index < -0.39 is 23.1 Å². The monoisotopic (exact) mass is 585 g/mol. The van der Waals surface area contributed by atoms with Crippen molar-refractivity contribution < 1.29 is 23.6 Å². The lowest BCUT2D eigenvalue weighted by molar-refractivity contribution is -0.118. The molecule has 1 aromatic heterocycles. The Labute approximate surface area is 246 Å². The first-order valence-electron chi connectivity index (χ1n) is 14.4. The van der Waals surface area contributed by atoms with Gasteiger partial charge in [0.05, 0.1) is 21.3 Å². The van der Waals surface area contributed by atoms with Gasteiger partial charge < -0.3 is 24.1 Å². The molecule has 0 spiro atoms. The number of carbonyl (C=O) groups excluding carboxylic acids is 1.